The van der Waals surface area contributed by atoms with Crippen molar-refractivity contribution in [3.8, 4) is 11.1 Å². The first-order chi connectivity index (χ1) is 13.4. The minimum atomic E-state index is -0.822. The van der Waals surface area contributed by atoms with Crippen molar-refractivity contribution in [2.24, 2.45) is 5.73 Å². The lowest BCUT2D eigenvalue weighted by Crippen LogP contribution is -2.14. The zero-order valence-electron chi connectivity index (χ0n) is 15.7. The number of para-hydroxylation sites is 1. The number of carbonyl (C=O) groups is 2. The van der Waals surface area contributed by atoms with Crippen molar-refractivity contribution in [1.82, 2.24) is 4.98 Å². The van der Waals surface area contributed by atoms with Gasteiger partial charge in [-0.2, -0.15) is 0 Å². The van der Waals surface area contributed by atoms with E-state index in [1.54, 1.807) is 12.3 Å². The molecule has 0 aliphatic carbocycles. The number of rotatable bonds is 5. The van der Waals surface area contributed by atoms with Gasteiger partial charge in [0, 0.05) is 23.6 Å². The Morgan fingerprint density at radius 3 is 2.43 bits per heavy atom. The molecule has 1 heterocycles. The molecule has 0 saturated carbocycles. The quantitative estimate of drug-likeness (QED) is 0.698. The molecule has 0 unspecified atom stereocenters. The number of aromatic nitrogens is 1. The second-order valence-electron chi connectivity index (χ2n) is 6.49. The maximum Gasteiger partial charge on any atom is 0.404 e. The Morgan fingerprint density at radius 2 is 1.71 bits per heavy atom. The summed E-state index contributed by atoms with van der Waals surface area (Å²) in [6.07, 6.45) is 2.40. The summed E-state index contributed by atoms with van der Waals surface area (Å²) in [5.41, 5.74) is 10.7. The highest BCUT2D eigenvalue weighted by atomic mass is 16.5. The normalized spacial score (nSPS) is 10.4. The Balaban J connectivity index is 1.83. The van der Waals surface area contributed by atoms with Crippen molar-refractivity contribution < 1.29 is 14.3 Å². The van der Waals surface area contributed by atoms with Gasteiger partial charge in [-0.15, -0.1) is 0 Å². The van der Waals surface area contributed by atoms with Crippen molar-refractivity contribution in [2.75, 3.05) is 5.32 Å². The molecule has 0 spiro atoms. The van der Waals surface area contributed by atoms with E-state index < -0.39 is 6.09 Å². The van der Waals surface area contributed by atoms with Crippen LogP contribution in [0.3, 0.4) is 0 Å². The highest BCUT2D eigenvalue weighted by Crippen LogP contribution is 2.23. The molecule has 1 aromatic heterocycles. The predicted octanol–water partition coefficient (Wildman–Crippen LogP) is 4.21. The van der Waals surface area contributed by atoms with E-state index in [0.717, 1.165) is 33.5 Å². The van der Waals surface area contributed by atoms with Crippen LogP contribution in [-0.2, 0) is 11.3 Å². The van der Waals surface area contributed by atoms with Crippen LogP contribution >= 0.6 is 0 Å². The van der Waals surface area contributed by atoms with E-state index in [1.165, 1.54) is 6.20 Å². The molecule has 28 heavy (non-hydrogen) atoms. The van der Waals surface area contributed by atoms with Gasteiger partial charge in [-0.3, -0.25) is 9.78 Å². The Labute approximate surface area is 163 Å². The topological polar surface area (TPSA) is 94.3 Å². The second kappa shape index (κ2) is 8.35. The fourth-order valence-electron chi connectivity index (χ4n) is 2.91. The van der Waals surface area contributed by atoms with E-state index >= 15 is 0 Å². The molecule has 0 radical (unpaired) electrons. The van der Waals surface area contributed by atoms with Gasteiger partial charge in [0.1, 0.15) is 6.61 Å². The lowest BCUT2D eigenvalue weighted by molar-refractivity contribution is 0.102. The van der Waals surface area contributed by atoms with Crippen LogP contribution < -0.4 is 11.1 Å². The summed E-state index contributed by atoms with van der Waals surface area (Å²) in [5.74, 6) is -0.222. The maximum atomic E-state index is 12.7. The van der Waals surface area contributed by atoms with Gasteiger partial charge >= 0.3 is 6.09 Å². The zero-order chi connectivity index (χ0) is 20.1. The summed E-state index contributed by atoms with van der Waals surface area (Å²) in [5, 5.41) is 2.97. The van der Waals surface area contributed by atoms with Crippen LogP contribution in [0, 0.1) is 13.8 Å². The lowest BCUT2D eigenvalue weighted by Gasteiger charge is -2.12. The van der Waals surface area contributed by atoms with Crippen molar-refractivity contribution in [3.05, 3.63) is 83.2 Å². The van der Waals surface area contributed by atoms with E-state index in [-0.39, 0.29) is 12.5 Å². The largest absolute Gasteiger partial charge is 0.445 e. The Hall–Kier alpha value is -3.67. The number of aryl methyl sites for hydroxylation is 2. The highest BCUT2D eigenvalue weighted by molar-refractivity contribution is 6.05. The number of nitrogens with zero attached hydrogens (tertiary/aromatic N) is 1. The summed E-state index contributed by atoms with van der Waals surface area (Å²) in [4.78, 5) is 27.7. The van der Waals surface area contributed by atoms with E-state index in [2.05, 4.69) is 10.3 Å². The molecule has 0 aliphatic rings. The van der Waals surface area contributed by atoms with E-state index in [1.807, 2.05) is 56.3 Å². The molecule has 6 nitrogen and oxygen atoms in total. The molecule has 6 heteroatoms. The van der Waals surface area contributed by atoms with Gasteiger partial charge in [-0.05, 0) is 48.2 Å². The van der Waals surface area contributed by atoms with Crippen LogP contribution in [0.25, 0.3) is 11.1 Å². The second-order valence-corrected chi connectivity index (χ2v) is 6.49. The van der Waals surface area contributed by atoms with Crippen LogP contribution in [0.2, 0.25) is 0 Å². The van der Waals surface area contributed by atoms with Gasteiger partial charge in [0.05, 0.1) is 5.56 Å². The van der Waals surface area contributed by atoms with E-state index in [0.29, 0.717) is 5.56 Å². The smallest absolute Gasteiger partial charge is 0.404 e. The lowest BCUT2D eigenvalue weighted by atomic mass is 10.0. The molecule has 2 aromatic carbocycles. The van der Waals surface area contributed by atoms with E-state index in [9.17, 15) is 9.59 Å². The van der Waals surface area contributed by atoms with Gasteiger partial charge < -0.3 is 15.8 Å². The molecule has 3 aromatic rings. The van der Waals surface area contributed by atoms with Crippen LogP contribution in [-0.4, -0.2) is 17.0 Å². The summed E-state index contributed by atoms with van der Waals surface area (Å²) in [7, 11) is 0. The van der Waals surface area contributed by atoms with Gasteiger partial charge in [0.15, 0.2) is 0 Å². The molecule has 0 atom stereocenters. The fourth-order valence-corrected chi connectivity index (χ4v) is 2.91. The Morgan fingerprint density at radius 1 is 1.00 bits per heavy atom. The monoisotopic (exact) mass is 375 g/mol. The highest BCUT2D eigenvalue weighted by Gasteiger charge is 2.11. The van der Waals surface area contributed by atoms with Gasteiger partial charge in [-0.25, -0.2) is 4.79 Å². The Kier molecular flexibility index (Phi) is 5.69. The summed E-state index contributed by atoms with van der Waals surface area (Å²) >= 11 is 0. The molecule has 142 valence electrons. The predicted molar refractivity (Wildman–Crippen MR) is 108 cm³/mol. The zero-order valence-corrected chi connectivity index (χ0v) is 15.7. The number of hydrogen-bond donors (Lipinski definition) is 2. The number of nitrogens with two attached hydrogens (primary N) is 1. The number of amides is 2. The van der Waals surface area contributed by atoms with Gasteiger partial charge in [0.2, 0.25) is 0 Å². The van der Waals surface area contributed by atoms with Crippen LogP contribution in [0.15, 0.2) is 60.9 Å². The molecule has 0 bridgehead atoms. The summed E-state index contributed by atoms with van der Waals surface area (Å²) in [6, 6.07) is 15.1. The first kappa shape index (κ1) is 19.1. The van der Waals surface area contributed by atoms with Gasteiger partial charge in [-0.1, -0.05) is 36.4 Å². The Bertz CT molecular complexity index is 1010. The number of carbonyl (C=O) groups excluding carboxylic acids is 2. The minimum absolute atomic E-state index is 0.0866. The third-order valence-corrected chi connectivity index (χ3v) is 4.36. The third-order valence-electron chi connectivity index (χ3n) is 4.36. The van der Waals surface area contributed by atoms with Gasteiger partial charge in [0.25, 0.3) is 5.91 Å². The number of anilines is 1. The molecule has 3 N–H and O–H groups in total. The molecule has 2 amide bonds. The minimum Gasteiger partial charge on any atom is -0.445 e. The summed E-state index contributed by atoms with van der Waals surface area (Å²) < 4.78 is 4.83. The van der Waals surface area contributed by atoms with Crippen molar-refractivity contribution >= 4 is 17.7 Å². The van der Waals surface area contributed by atoms with Crippen LogP contribution in [0.4, 0.5) is 10.5 Å². The fraction of sp³-hybridized carbons (Fsp3) is 0.136. The average Bonchev–Trinajstić information content (AvgIpc) is 2.69. The number of benzene rings is 2. The molecule has 3 rings (SSSR count). The number of hydrogen-bond acceptors (Lipinski definition) is 4. The summed E-state index contributed by atoms with van der Waals surface area (Å²) in [6.45, 7) is 4.00. The molecular formula is C22H21N3O3. The van der Waals surface area contributed by atoms with Crippen LogP contribution in [0.5, 0.6) is 0 Å². The first-order valence-electron chi connectivity index (χ1n) is 8.78. The first-order valence-corrected chi connectivity index (χ1v) is 8.78. The van der Waals surface area contributed by atoms with Crippen molar-refractivity contribution in [3.63, 3.8) is 0 Å². The number of ether oxygens (including phenoxy) is 1. The van der Waals surface area contributed by atoms with E-state index in [4.69, 9.17) is 10.5 Å². The third kappa shape index (κ3) is 4.54. The average molecular weight is 375 g/mol. The maximum absolute atomic E-state index is 12.7. The molecular weight excluding hydrogens is 354 g/mol. The number of nitrogens with one attached hydrogen (secondary N) is 1. The molecule has 0 aliphatic heterocycles. The standard InChI is InChI=1S/C22H21N3O3/c1-14-5-3-6-15(2)20(14)25-21(26)19-10-18(11-24-12-19)17-8-4-7-16(9-17)13-28-22(23)27/h3-12H,13H2,1-2H3,(H2,23,27)(H,25,26). The number of primary amides is 1. The van der Waals surface area contributed by atoms with Crippen molar-refractivity contribution in [2.45, 2.75) is 20.5 Å². The number of pyridine rings is 1. The molecule has 0 saturated heterocycles. The molecule has 0 fully saturated rings. The van der Waals surface area contributed by atoms with Crippen LogP contribution in [0.1, 0.15) is 27.0 Å². The SMILES string of the molecule is Cc1cccc(C)c1NC(=O)c1cncc(-c2cccc(COC(N)=O)c2)c1. The van der Waals surface area contributed by atoms with Crippen molar-refractivity contribution in [1.29, 1.82) is 0 Å².